The summed E-state index contributed by atoms with van der Waals surface area (Å²) < 4.78 is 5.48. The highest BCUT2D eigenvalue weighted by Crippen LogP contribution is 2.26. The number of benzene rings is 1. The van der Waals surface area contributed by atoms with Crippen molar-refractivity contribution < 1.29 is 14.6 Å². The molecular weight excluding hydrogens is 240 g/mol. The summed E-state index contributed by atoms with van der Waals surface area (Å²) in [5.74, 6) is -0.871. The van der Waals surface area contributed by atoms with Crippen LogP contribution in [0, 0.1) is 0 Å². The molecule has 19 heavy (non-hydrogen) atoms. The standard InChI is InChI=1S/C16H20O3/c17-16(18)15(10-9-13-7-4-8-13)19-12-11-14-5-2-1-3-6-14/h1-3,5-6,9,15H,4,7-8,10-12H2,(H,17,18)/t15-/m1/s1. The minimum atomic E-state index is -0.871. The van der Waals surface area contributed by atoms with Crippen molar-refractivity contribution in [2.45, 2.75) is 38.2 Å². The Hall–Kier alpha value is -1.61. The average molecular weight is 260 g/mol. The van der Waals surface area contributed by atoms with Gasteiger partial charge in [-0.15, -0.1) is 0 Å². The summed E-state index contributed by atoms with van der Waals surface area (Å²) in [4.78, 5) is 11.1. The molecule has 3 heteroatoms. The first kappa shape index (κ1) is 13.8. The van der Waals surface area contributed by atoms with Gasteiger partial charge in [0.05, 0.1) is 6.61 Å². The minimum absolute atomic E-state index is 0.449. The molecule has 1 fully saturated rings. The van der Waals surface area contributed by atoms with E-state index in [1.165, 1.54) is 17.6 Å². The maximum atomic E-state index is 11.1. The van der Waals surface area contributed by atoms with Gasteiger partial charge in [0.1, 0.15) is 0 Å². The Bertz CT molecular complexity index is 431. The van der Waals surface area contributed by atoms with Crippen LogP contribution in [0.4, 0.5) is 0 Å². The third-order valence-electron chi connectivity index (χ3n) is 3.44. The molecule has 0 bridgehead atoms. The van der Waals surface area contributed by atoms with Crippen LogP contribution in [0.1, 0.15) is 31.2 Å². The number of carboxylic acids is 1. The normalized spacial score (nSPS) is 15.7. The molecule has 1 aromatic carbocycles. The van der Waals surface area contributed by atoms with E-state index in [1.807, 2.05) is 36.4 Å². The van der Waals surface area contributed by atoms with Crippen molar-refractivity contribution in [2.75, 3.05) is 6.61 Å². The monoisotopic (exact) mass is 260 g/mol. The second-order valence-corrected chi connectivity index (χ2v) is 4.88. The number of ether oxygens (including phenoxy) is 1. The molecule has 1 atom stereocenters. The zero-order valence-electron chi connectivity index (χ0n) is 11.0. The summed E-state index contributed by atoms with van der Waals surface area (Å²) in [5.41, 5.74) is 2.54. The largest absolute Gasteiger partial charge is 0.479 e. The molecule has 0 radical (unpaired) electrons. The Morgan fingerprint density at radius 2 is 2.05 bits per heavy atom. The maximum Gasteiger partial charge on any atom is 0.333 e. The van der Waals surface area contributed by atoms with Crippen molar-refractivity contribution in [3.63, 3.8) is 0 Å². The Balaban J connectivity index is 1.75. The zero-order chi connectivity index (χ0) is 13.5. The highest BCUT2D eigenvalue weighted by molar-refractivity contribution is 5.72. The number of aliphatic carboxylic acids is 1. The summed E-state index contributed by atoms with van der Waals surface area (Å²) in [6, 6.07) is 9.97. The van der Waals surface area contributed by atoms with Gasteiger partial charge in [-0.3, -0.25) is 0 Å². The van der Waals surface area contributed by atoms with Gasteiger partial charge in [0, 0.05) is 6.42 Å². The summed E-state index contributed by atoms with van der Waals surface area (Å²) >= 11 is 0. The molecule has 0 aromatic heterocycles. The minimum Gasteiger partial charge on any atom is -0.479 e. The lowest BCUT2D eigenvalue weighted by atomic mass is 9.91. The maximum absolute atomic E-state index is 11.1. The fourth-order valence-corrected chi connectivity index (χ4v) is 2.06. The number of hydrogen-bond donors (Lipinski definition) is 1. The lowest BCUT2D eigenvalue weighted by molar-refractivity contribution is -0.150. The third-order valence-corrected chi connectivity index (χ3v) is 3.44. The van der Waals surface area contributed by atoms with Gasteiger partial charge in [-0.05, 0) is 31.2 Å². The fraction of sp³-hybridized carbons (Fsp3) is 0.438. The van der Waals surface area contributed by atoms with E-state index in [-0.39, 0.29) is 0 Å². The van der Waals surface area contributed by atoms with Gasteiger partial charge in [0.15, 0.2) is 6.10 Å². The smallest absolute Gasteiger partial charge is 0.333 e. The number of hydrogen-bond acceptors (Lipinski definition) is 2. The summed E-state index contributed by atoms with van der Waals surface area (Å²) in [7, 11) is 0. The summed E-state index contributed by atoms with van der Waals surface area (Å²) in [6.45, 7) is 0.449. The van der Waals surface area contributed by atoms with Crippen LogP contribution >= 0.6 is 0 Å². The van der Waals surface area contributed by atoms with Crippen LogP contribution < -0.4 is 0 Å². The predicted molar refractivity (Wildman–Crippen MR) is 74.1 cm³/mol. The van der Waals surface area contributed by atoms with Crippen molar-refractivity contribution in [1.82, 2.24) is 0 Å². The molecule has 0 heterocycles. The van der Waals surface area contributed by atoms with Gasteiger partial charge in [0.25, 0.3) is 0 Å². The third kappa shape index (κ3) is 4.52. The fourth-order valence-electron chi connectivity index (χ4n) is 2.06. The lowest BCUT2D eigenvalue weighted by Crippen LogP contribution is -2.24. The van der Waals surface area contributed by atoms with Crippen LogP contribution in [0.5, 0.6) is 0 Å². The van der Waals surface area contributed by atoms with E-state index >= 15 is 0 Å². The van der Waals surface area contributed by atoms with Crippen molar-refractivity contribution >= 4 is 5.97 Å². The van der Waals surface area contributed by atoms with Gasteiger partial charge in [0.2, 0.25) is 0 Å². The highest BCUT2D eigenvalue weighted by Gasteiger charge is 2.17. The van der Waals surface area contributed by atoms with Gasteiger partial charge < -0.3 is 9.84 Å². The number of carbonyl (C=O) groups is 1. The van der Waals surface area contributed by atoms with Gasteiger partial charge in [-0.25, -0.2) is 4.79 Å². The van der Waals surface area contributed by atoms with Crippen LogP contribution in [0.15, 0.2) is 42.0 Å². The lowest BCUT2D eigenvalue weighted by Gasteiger charge is -2.18. The van der Waals surface area contributed by atoms with Crippen LogP contribution in [0.3, 0.4) is 0 Å². The highest BCUT2D eigenvalue weighted by atomic mass is 16.5. The first-order valence-electron chi connectivity index (χ1n) is 6.82. The van der Waals surface area contributed by atoms with E-state index in [0.717, 1.165) is 19.3 Å². The number of allylic oxidation sites excluding steroid dienone is 1. The van der Waals surface area contributed by atoms with E-state index in [1.54, 1.807) is 0 Å². The molecule has 1 aliphatic rings. The summed E-state index contributed by atoms with van der Waals surface area (Å²) in [5, 5.41) is 9.12. The number of rotatable bonds is 7. The first-order valence-corrected chi connectivity index (χ1v) is 6.82. The molecule has 0 amide bonds. The van der Waals surface area contributed by atoms with Crippen LogP contribution in [0.25, 0.3) is 0 Å². The van der Waals surface area contributed by atoms with Crippen molar-refractivity contribution in [3.8, 4) is 0 Å². The molecule has 1 aliphatic carbocycles. The molecular formula is C16H20O3. The van der Waals surface area contributed by atoms with Crippen LogP contribution in [0.2, 0.25) is 0 Å². The Morgan fingerprint density at radius 1 is 1.32 bits per heavy atom. The second-order valence-electron chi connectivity index (χ2n) is 4.88. The van der Waals surface area contributed by atoms with Crippen molar-refractivity contribution in [3.05, 3.63) is 47.5 Å². The SMILES string of the molecule is O=C(O)[C@@H](CC=C1CCC1)OCCc1ccccc1. The average Bonchev–Trinajstić information content (AvgIpc) is 2.36. The molecule has 1 saturated carbocycles. The molecule has 1 aromatic rings. The molecule has 0 saturated heterocycles. The van der Waals surface area contributed by atoms with E-state index in [9.17, 15) is 4.79 Å². The second kappa shape index (κ2) is 7.10. The van der Waals surface area contributed by atoms with Gasteiger partial charge in [-0.2, -0.15) is 0 Å². The zero-order valence-corrected chi connectivity index (χ0v) is 11.0. The molecule has 2 rings (SSSR count). The predicted octanol–water partition coefficient (Wildman–Crippen LogP) is 3.20. The molecule has 3 nitrogen and oxygen atoms in total. The first-order chi connectivity index (χ1) is 9.25. The Morgan fingerprint density at radius 3 is 2.63 bits per heavy atom. The van der Waals surface area contributed by atoms with Crippen molar-refractivity contribution in [1.29, 1.82) is 0 Å². The van der Waals surface area contributed by atoms with E-state index in [0.29, 0.717) is 13.0 Å². The number of carboxylic acid groups (broad SMARTS) is 1. The van der Waals surface area contributed by atoms with Crippen molar-refractivity contribution in [2.24, 2.45) is 0 Å². The molecule has 0 unspecified atom stereocenters. The van der Waals surface area contributed by atoms with E-state index < -0.39 is 12.1 Å². The van der Waals surface area contributed by atoms with E-state index in [4.69, 9.17) is 9.84 Å². The Kier molecular flexibility index (Phi) is 5.16. The quantitative estimate of drug-likeness (QED) is 0.766. The molecule has 102 valence electrons. The van der Waals surface area contributed by atoms with Crippen LogP contribution in [-0.2, 0) is 16.0 Å². The molecule has 1 N–H and O–H groups in total. The van der Waals surface area contributed by atoms with Gasteiger partial charge >= 0.3 is 5.97 Å². The summed E-state index contributed by atoms with van der Waals surface area (Å²) in [6.07, 6.45) is 6.04. The Labute approximate surface area is 113 Å². The topological polar surface area (TPSA) is 46.5 Å². The molecule has 0 aliphatic heterocycles. The van der Waals surface area contributed by atoms with E-state index in [2.05, 4.69) is 0 Å². The molecule has 0 spiro atoms. The van der Waals surface area contributed by atoms with Gasteiger partial charge in [-0.1, -0.05) is 42.0 Å². The van der Waals surface area contributed by atoms with Crippen LogP contribution in [-0.4, -0.2) is 23.8 Å².